The first-order chi connectivity index (χ1) is 7.08. The van der Waals surface area contributed by atoms with Crippen LogP contribution in [-0.4, -0.2) is 5.16 Å². The van der Waals surface area contributed by atoms with Gasteiger partial charge in [-0.05, 0) is 43.5 Å². The van der Waals surface area contributed by atoms with Crippen LogP contribution in [0.5, 0.6) is 0 Å². The fourth-order valence-electron chi connectivity index (χ4n) is 1.95. The molecule has 0 spiro atoms. The van der Waals surface area contributed by atoms with Crippen molar-refractivity contribution >= 4 is 11.6 Å². The van der Waals surface area contributed by atoms with Crippen LogP contribution in [0.3, 0.4) is 0 Å². The smallest absolute Gasteiger partial charge is 0.226 e. The van der Waals surface area contributed by atoms with E-state index in [0.29, 0.717) is 5.22 Å². The molecule has 0 N–H and O–H groups in total. The number of halogens is 1. The lowest BCUT2D eigenvalue weighted by atomic mass is 9.98. The predicted molar refractivity (Wildman–Crippen MR) is 61.2 cm³/mol. The lowest BCUT2D eigenvalue weighted by Gasteiger charge is -2.07. The van der Waals surface area contributed by atoms with Gasteiger partial charge in [-0.15, -0.1) is 0 Å². The Hall–Kier alpha value is -1.28. The van der Waals surface area contributed by atoms with Crippen LogP contribution in [0.15, 0.2) is 22.7 Å². The molecule has 1 aromatic carbocycles. The Labute approximate surface area is 93.9 Å². The second-order valence-electron chi connectivity index (χ2n) is 3.79. The first-order valence-electron chi connectivity index (χ1n) is 4.78. The molecule has 3 heteroatoms. The molecule has 0 unspecified atom stereocenters. The number of rotatable bonds is 1. The van der Waals surface area contributed by atoms with Gasteiger partial charge in [0.05, 0.1) is 0 Å². The first kappa shape index (κ1) is 10.2. The molecule has 0 aliphatic heterocycles. The van der Waals surface area contributed by atoms with Gasteiger partial charge in [0.25, 0.3) is 0 Å². The lowest BCUT2D eigenvalue weighted by Crippen LogP contribution is -1.89. The topological polar surface area (TPSA) is 26.0 Å². The molecule has 0 aliphatic carbocycles. The van der Waals surface area contributed by atoms with Crippen molar-refractivity contribution in [3.8, 4) is 11.3 Å². The largest absolute Gasteiger partial charge is 0.344 e. The van der Waals surface area contributed by atoms with Gasteiger partial charge in [-0.25, -0.2) is 0 Å². The van der Waals surface area contributed by atoms with Crippen molar-refractivity contribution in [2.75, 3.05) is 0 Å². The number of hydrogen-bond donors (Lipinski definition) is 0. The third-order valence-corrected chi connectivity index (χ3v) is 2.59. The zero-order valence-corrected chi connectivity index (χ0v) is 9.72. The zero-order chi connectivity index (χ0) is 11.0. The number of nitrogens with zero attached hydrogens (tertiary/aromatic N) is 1. The molecule has 2 aromatic rings. The molecule has 0 atom stereocenters. The summed E-state index contributed by atoms with van der Waals surface area (Å²) in [6.07, 6.45) is 0. The molecular formula is C12H12ClNO. The van der Waals surface area contributed by atoms with Crippen molar-refractivity contribution < 1.29 is 4.52 Å². The van der Waals surface area contributed by atoms with Gasteiger partial charge in [-0.1, -0.05) is 22.9 Å². The Bertz CT molecular complexity index is 479. The van der Waals surface area contributed by atoms with E-state index in [1.165, 1.54) is 16.7 Å². The molecule has 0 radical (unpaired) electrons. The van der Waals surface area contributed by atoms with E-state index in [-0.39, 0.29) is 0 Å². The number of hydrogen-bond acceptors (Lipinski definition) is 2. The summed E-state index contributed by atoms with van der Waals surface area (Å²) in [5, 5.41) is 4.25. The molecule has 1 aromatic heterocycles. The maximum Gasteiger partial charge on any atom is 0.226 e. The van der Waals surface area contributed by atoms with E-state index >= 15 is 0 Å². The van der Waals surface area contributed by atoms with Crippen molar-refractivity contribution in [3.05, 3.63) is 40.1 Å². The van der Waals surface area contributed by atoms with E-state index < -0.39 is 0 Å². The highest BCUT2D eigenvalue weighted by molar-refractivity contribution is 6.29. The van der Waals surface area contributed by atoms with Crippen LogP contribution in [-0.2, 0) is 0 Å². The minimum atomic E-state index is 0.323. The molecule has 2 nitrogen and oxygen atoms in total. The Kier molecular flexibility index (Phi) is 2.53. The van der Waals surface area contributed by atoms with Crippen LogP contribution in [0.1, 0.15) is 16.7 Å². The first-order valence-corrected chi connectivity index (χ1v) is 5.16. The van der Waals surface area contributed by atoms with Gasteiger partial charge in [-0.3, -0.25) is 0 Å². The highest BCUT2D eigenvalue weighted by atomic mass is 35.5. The summed E-state index contributed by atoms with van der Waals surface area (Å²) in [6.45, 7) is 6.22. The number of aromatic nitrogens is 1. The number of aryl methyl sites for hydroxylation is 3. The molecule has 15 heavy (non-hydrogen) atoms. The van der Waals surface area contributed by atoms with Crippen molar-refractivity contribution in [1.82, 2.24) is 5.16 Å². The van der Waals surface area contributed by atoms with Gasteiger partial charge in [0, 0.05) is 11.6 Å². The van der Waals surface area contributed by atoms with E-state index in [4.69, 9.17) is 16.1 Å². The third kappa shape index (κ3) is 1.90. The summed E-state index contributed by atoms with van der Waals surface area (Å²) >= 11 is 5.72. The van der Waals surface area contributed by atoms with Crippen LogP contribution in [0.2, 0.25) is 5.22 Å². The maximum absolute atomic E-state index is 5.72. The van der Waals surface area contributed by atoms with Gasteiger partial charge >= 0.3 is 0 Å². The maximum atomic E-state index is 5.72. The van der Waals surface area contributed by atoms with Gasteiger partial charge in [-0.2, -0.15) is 0 Å². The minimum Gasteiger partial charge on any atom is -0.344 e. The molecule has 0 fully saturated rings. The van der Waals surface area contributed by atoms with E-state index in [9.17, 15) is 0 Å². The quantitative estimate of drug-likeness (QED) is 0.730. The summed E-state index contributed by atoms with van der Waals surface area (Å²) in [6, 6.07) is 6.00. The lowest BCUT2D eigenvalue weighted by molar-refractivity contribution is 0.424. The summed E-state index contributed by atoms with van der Waals surface area (Å²) in [5.74, 6) is 0. The normalized spacial score (nSPS) is 10.7. The van der Waals surface area contributed by atoms with E-state index in [2.05, 4.69) is 38.1 Å². The van der Waals surface area contributed by atoms with Crippen molar-refractivity contribution in [1.29, 1.82) is 0 Å². The summed E-state index contributed by atoms with van der Waals surface area (Å²) in [4.78, 5) is 0. The molecule has 0 saturated carbocycles. The molecule has 1 heterocycles. The van der Waals surface area contributed by atoms with Gasteiger partial charge in [0.15, 0.2) is 0 Å². The molecule has 0 aliphatic rings. The number of benzene rings is 1. The molecular weight excluding hydrogens is 210 g/mol. The van der Waals surface area contributed by atoms with Gasteiger partial charge in [0.1, 0.15) is 5.69 Å². The Morgan fingerprint density at radius 1 is 1.07 bits per heavy atom. The van der Waals surface area contributed by atoms with Crippen LogP contribution in [0, 0.1) is 20.8 Å². The molecule has 0 saturated heterocycles. The third-order valence-electron chi connectivity index (χ3n) is 2.41. The monoisotopic (exact) mass is 221 g/mol. The average Bonchev–Trinajstić information content (AvgIpc) is 2.49. The highest BCUT2D eigenvalue weighted by Gasteiger charge is 2.10. The zero-order valence-electron chi connectivity index (χ0n) is 8.97. The summed E-state index contributed by atoms with van der Waals surface area (Å²) in [5.41, 5.74) is 5.55. The fraction of sp³-hybridized carbons (Fsp3) is 0.250. The Morgan fingerprint density at radius 3 is 2.13 bits per heavy atom. The average molecular weight is 222 g/mol. The van der Waals surface area contributed by atoms with Crippen LogP contribution in [0.4, 0.5) is 0 Å². The molecule has 0 bridgehead atoms. The molecule has 78 valence electrons. The van der Waals surface area contributed by atoms with Crippen LogP contribution < -0.4 is 0 Å². The van der Waals surface area contributed by atoms with E-state index in [0.717, 1.165) is 11.3 Å². The van der Waals surface area contributed by atoms with Gasteiger partial charge < -0.3 is 4.52 Å². The SMILES string of the molecule is Cc1cc(C)c(-c2cc(Cl)on2)c(C)c1. The van der Waals surface area contributed by atoms with Crippen LogP contribution in [0.25, 0.3) is 11.3 Å². The highest BCUT2D eigenvalue weighted by Crippen LogP contribution is 2.28. The van der Waals surface area contributed by atoms with Crippen LogP contribution >= 0.6 is 11.6 Å². The fourth-order valence-corrected chi connectivity index (χ4v) is 2.09. The van der Waals surface area contributed by atoms with Gasteiger partial charge in [0.2, 0.25) is 5.22 Å². The minimum absolute atomic E-state index is 0.323. The Morgan fingerprint density at radius 2 is 1.67 bits per heavy atom. The standard InChI is InChI=1S/C12H12ClNO/c1-7-4-8(2)12(9(3)5-7)10-6-11(13)15-14-10/h4-6H,1-3H3. The van der Waals surface area contributed by atoms with E-state index in [1.54, 1.807) is 6.07 Å². The van der Waals surface area contributed by atoms with E-state index in [1.807, 2.05) is 0 Å². The summed E-state index contributed by atoms with van der Waals surface area (Å²) in [7, 11) is 0. The second kappa shape index (κ2) is 3.70. The molecule has 0 amide bonds. The summed E-state index contributed by atoms with van der Waals surface area (Å²) < 4.78 is 4.87. The molecule has 2 rings (SSSR count). The second-order valence-corrected chi connectivity index (χ2v) is 4.16. The van der Waals surface area contributed by atoms with Crippen molar-refractivity contribution in [2.45, 2.75) is 20.8 Å². The predicted octanol–water partition coefficient (Wildman–Crippen LogP) is 3.92. The van der Waals surface area contributed by atoms with Crippen molar-refractivity contribution in [3.63, 3.8) is 0 Å². The van der Waals surface area contributed by atoms with Crippen molar-refractivity contribution in [2.24, 2.45) is 0 Å². The Balaban J connectivity index is 2.62.